The van der Waals surface area contributed by atoms with E-state index >= 15 is 0 Å². The Kier molecular flexibility index (Phi) is 7.59. The van der Waals surface area contributed by atoms with Crippen LogP contribution in [0.4, 0.5) is 0 Å². The van der Waals surface area contributed by atoms with Crippen LogP contribution in [0, 0.1) is 0 Å². The van der Waals surface area contributed by atoms with Gasteiger partial charge in [-0.1, -0.05) is 0 Å². The summed E-state index contributed by atoms with van der Waals surface area (Å²) in [6, 6.07) is 0. The molecule has 0 spiro atoms. The Balaban J connectivity index is 0. The van der Waals surface area contributed by atoms with Crippen LogP contribution in [-0.2, 0) is 0 Å². The quantitative estimate of drug-likeness (QED) is 0.476. The first-order valence-electron chi connectivity index (χ1n) is 2.47. The molecule has 8 heavy (non-hydrogen) atoms. The second-order valence-electron chi connectivity index (χ2n) is 2.74. The molecule has 3 heteroatoms. The molecule has 0 aliphatic carbocycles. The molecule has 0 unspecified atom stereocenters. The summed E-state index contributed by atoms with van der Waals surface area (Å²) < 4.78 is 0. The number of hydrogen-bond acceptors (Lipinski definition) is 1. The summed E-state index contributed by atoms with van der Waals surface area (Å²) >= 11 is -1.19. The minimum Gasteiger partial charge on any atom is -1.00 e. The van der Waals surface area contributed by atoms with Gasteiger partial charge in [0.05, 0.1) is 0 Å². The molecule has 52 valence electrons. The molecule has 0 rings (SSSR count). The number of rotatable bonds is 2. The maximum absolute atomic E-state index is 8.44. The fourth-order valence-electron chi connectivity index (χ4n) is 0.300. The van der Waals surface area contributed by atoms with Crippen molar-refractivity contribution in [1.82, 2.24) is 0 Å². The molecule has 0 aromatic rings. The maximum atomic E-state index is 8.44. The van der Waals surface area contributed by atoms with Crippen LogP contribution in [0.15, 0.2) is 0 Å². The Morgan fingerprint density at radius 3 is 1.62 bits per heavy atom. The summed E-state index contributed by atoms with van der Waals surface area (Å²) in [5, 5.41) is 9.51. The fraction of sp³-hybridized carbons (Fsp3) is 1.00. The van der Waals surface area contributed by atoms with Crippen molar-refractivity contribution in [2.75, 3.05) is 6.61 Å². The molecule has 0 radical (unpaired) electrons. The molecule has 0 bridgehead atoms. The zero-order valence-electron chi connectivity index (χ0n) is 5.69. The molecule has 0 aromatic carbocycles. The zero-order valence-corrected chi connectivity index (χ0v) is 9.72. The topological polar surface area (TPSA) is 20.2 Å². The van der Waals surface area contributed by atoms with Gasteiger partial charge in [0.1, 0.15) is 0 Å². The van der Waals surface area contributed by atoms with Crippen LogP contribution in [0.25, 0.3) is 0 Å². The first-order chi connectivity index (χ1) is 3.06. The normalized spacial score (nSPS) is 10.5. The van der Waals surface area contributed by atoms with Crippen molar-refractivity contribution in [3.8, 4) is 0 Å². The van der Waals surface area contributed by atoms with Gasteiger partial charge < -0.3 is 24.0 Å². The van der Waals surface area contributed by atoms with Crippen molar-refractivity contribution in [1.29, 1.82) is 0 Å². The van der Waals surface area contributed by atoms with Gasteiger partial charge in [0.15, 0.2) is 0 Å². The van der Waals surface area contributed by atoms with Gasteiger partial charge in [-0.3, -0.25) is 0 Å². The van der Waals surface area contributed by atoms with E-state index in [2.05, 4.69) is 17.1 Å². The van der Waals surface area contributed by atoms with Crippen LogP contribution < -0.4 is 24.0 Å². The van der Waals surface area contributed by atoms with Crippen LogP contribution in [-0.4, -0.2) is 25.3 Å². The van der Waals surface area contributed by atoms with Crippen LogP contribution in [0.1, 0.15) is 0 Å². The number of aliphatic hydroxyl groups excluding tert-OH is 1. The standard InChI is InChI=1S/C5H14AsO.HI/c1-6(2,3)4-5-7;/h7H,4-5H2,1-3H3;1H/q+1;/p-1. The first-order valence-corrected chi connectivity index (χ1v) is 9.43. The van der Waals surface area contributed by atoms with Gasteiger partial charge in [-0.2, -0.15) is 0 Å². The predicted octanol–water partition coefficient (Wildman–Crippen LogP) is -1.68. The van der Waals surface area contributed by atoms with Crippen molar-refractivity contribution in [3.05, 3.63) is 0 Å². The molecule has 0 aliphatic rings. The van der Waals surface area contributed by atoms with E-state index in [-0.39, 0.29) is 24.0 Å². The molecule has 0 atom stereocenters. The second-order valence-corrected chi connectivity index (χ2v) is 13.3. The maximum Gasteiger partial charge on any atom is -1.00 e. The number of halogens is 1. The van der Waals surface area contributed by atoms with Gasteiger partial charge in [0.2, 0.25) is 0 Å². The first kappa shape index (κ1) is 12.0. The molecule has 1 nitrogen and oxygen atoms in total. The monoisotopic (exact) mass is 292 g/mol. The van der Waals surface area contributed by atoms with Crippen LogP contribution in [0.5, 0.6) is 0 Å². The van der Waals surface area contributed by atoms with Crippen LogP contribution in [0.2, 0.25) is 22.3 Å². The van der Waals surface area contributed by atoms with Crippen LogP contribution >= 0.6 is 0 Å². The van der Waals surface area contributed by atoms with Crippen molar-refractivity contribution < 1.29 is 29.1 Å². The second kappa shape index (κ2) is 5.07. The number of hydrogen-bond donors (Lipinski definition) is 1. The third-order valence-electron chi connectivity index (χ3n) is 0.771. The van der Waals surface area contributed by atoms with E-state index < -0.39 is 13.6 Å². The van der Waals surface area contributed by atoms with Gasteiger partial charge in [-0.15, -0.1) is 0 Å². The molecule has 0 amide bonds. The van der Waals surface area contributed by atoms with Crippen LogP contribution in [0.3, 0.4) is 0 Å². The van der Waals surface area contributed by atoms with Crippen molar-refractivity contribution >= 4 is 13.6 Å². The van der Waals surface area contributed by atoms with Gasteiger partial charge in [-0.05, 0) is 0 Å². The van der Waals surface area contributed by atoms with Gasteiger partial charge >= 0.3 is 47.6 Å². The SMILES string of the molecule is C[As+](C)(C)CCO.[I-]. The third-order valence-corrected chi connectivity index (χ3v) is 4.01. The molecule has 0 saturated heterocycles. The minimum absolute atomic E-state index is 0. The average Bonchev–Trinajstić information content (AvgIpc) is 1.30. The summed E-state index contributed by atoms with van der Waals surface area (Å²) in [7, 11) is 0. The Hall–Kier alpha value is 1.25. The third kappa shape index (κ3) is 10.3. The summed E-state index contributed by atoms with van der Waals surface area (Å²) in [6.07, 6.45) is 0. The van der Waals surface area contributed by atoms with E-state index in [0.29, 0.717) is 6.61 Å². The van der Waals surface area contributed by atoms with Crippen molar-refractivity contribution in [3.63, 3.8) is 0 Å². The van der Waals surface area contributed by atoms with Crippen molar-refractivity contribution in [2.24, 2.45) is 0 Å². The average molecular weight is 292 g/mol. The summed E-state index contributed by atoms with van der Waals surface area (Å²) in [4.78, 5) is 0. The summed E-state index contributed by atoms with van der Waals surface area (Å²) in [5.74, 6) is 0. The van der Waals surface area contributed by atoms with E-state index in [1.807, 2.05) is 0 Å². The van der Waals surface area contributed by atoms with Gasteiger partial charge in [0.25, 0.3) is 0 Å². The molecule has 0 heterocycles. The Bertz CT molecular complexity index is 50.9. The predicted molar refractivity (Wildman–Crippen MR) is 35.2 cm³/mol. The smallest absolute Gasteiger partial charge is 1.00 e. The molecule has 0 fully saturated rings. The fourth-order valence-corrected chi connectivity index (χ4v) is 1.56. The molecular formula is C5H14AsIO. The van der Waals surface area contributed by atoms with E-state index in [1.54, 1.807) is 0 Å². The summed E-state index contributed by atoms with van der Waals surface area (Å²) in [5.41, 5.74) is 6.86. The van der Waals surface area contributed by atoms with E-state index in [4.69, 9.17) is 5.11 Å². The Morgan fingerprint density at radius 1 is 1.25 bits per heavy atom. The zero-order chi connectivity index (χ0) is 5.91. The van der Waals surface area contributed by atoms with Crippen molar-refractivity contribution in [2.45, 2.75) is 22.3 Å². The molecule has 0 aliphatic heterocycles. The molecular weight excluding hydrogens is 278 g/mol. The van der Waals surface area contributed by atoms with Gasteiger partial charge in [-0.25, -0.2) is 0 Å². The molecule has 0 saturated carbocycles. The van der Waals surface area contributed by atoms with E-state index in [1.165, 1.54) is 0 Å². The number of aliphatic hydroxyl groups is 1. The Labute approximate surface area is 71.3 Å². The van der Waals surface area contributed by atoms with Gasteiger partial charge in [0, 0.05) is 0 Å². The molecule has 1 N–H and O–H groups in total. The minimum atomic E-state index is -1.19. The Morgan fingerprint density at radius 2 is 1.62 bits per heavy atom. The summed E-state index contributed by atoms with van der Waals surface area (Å²) in [6.45, 7) is 0.385. The molecule has 0 aromatic heterocycles. The van der Waals surface area contributed by atoms with E-state index in [9.17, 15) is 0 Å². The largest absolute Gasteiger partial charge is 1.00 e. The van der Waals surface area contributed by atoms with E-state index in [0.717, 1.165) is 5.21 Å².